The van der Waals surface area contributed by atoms with E-state index in [1.165, 1.54) is 28.5 Å². The zero-order chi connectivity index (χ0) is 20.5. The van der Waals surface area contributed by atoms with Crippen molar-refractivity contribution in [3.05, 3.63) is 51.7 Å². The molecule has 1 aromatic carbocycles. The highest BCUT2D eigenvalue weighted by atomic mass is 32.2. The van der Waals surface area contributed by atoms with Crippen LogP contribution in [-0.4, -0.2) is 47.1 Å². The first-order chi connectivity index (χ1) is 14.0. The number of pyridine rings is 1. The maximum atomic E-state index is 13.6. The molecule has 3 aromatic rings. The zero-order valence-electron chi connectivity index (χ0n) is 16.0. The Bertz CT molecular complexity index is 1180. The summed E-state index contributed by atoms with van der Waals surface area (Å²) >= 11 is 1.34. The average molecular weight is 411 g/mol. The fraction of sp³-hybridized carbons (Fsp3) is 0.300. The van der Waals surface area contributed by atoms with Crippen LogP contribution >= 0.6 is 11.8 Å². The third kappa shape index (κ3) is 3.34. The fourth-order valence-corrected chi connectivity index (χ4v) is 4.00. The van der Waals surface area contributed by atoms with Gasteiger partial charge in [-0.1, -0.05) is 0 Å². The van der Waals surface area contributed by atoms with Gasteiger partial charge in [0.25, 0.3) is 5.56 Å². The Balaban J connectivity index is 2.11. The Hall–Kier alpha value is -2.96. The van der Waals surface area contributed by atoms with Gasteiger partial charge in [0.2, 0.25) is 5.95 Å². The number of nitriles is 1. The van der Waals surface area contributed by atoms with Gasteiger partial charge < -0.3 is 9.64 Å². The summed E-state index contributed by atoms with van der Waals surface area (Å²) in [5.74, 6) is 0.0178. The van der Waals surface area contributed by atoms with Gasteiger partial charge in [-0.15, -0.1) is 11.8 Å². The highest BCUT2D eigenvalue weighted by molar-refractivity contribution is 7.98. The predicted molar refractivity (Wildman–Crippen MR) is 109 cm³/mol. The van der Waals surface area contributed by atoms with Gasteiger partial charge in [-0.2, -0.15) is 5.26 Å². The molecular weight excluding hydrogens is 393 g/mol. The summed E-state index contributed by atoms with van der Waals surface area (Å²) in [6, 6.07) is 7.84. The molecule has 0 spiro atoms. The maximum Gasteiger partial charge on any atom is 0.269 e. The second-order valence-corrected chi connectivity index (χ2v) is 7.34. The van der Waals surface area contributed by atoms with Crippen LogP contribution in [0.15, 0.2) is 34.1 Å². The molecule has 3 heterocycles. The summed E-state index contributed by atoms with van der Waals surface area (Å²) in [7, 11) is 0. The number of morpholine rings is 1. The van der Waals surface area contributed by atoms with Crippen LogP contribution in [0, 0.1) is 24.1 Å². The second-order valence-electron chi connectivity index (χ2n) is 6.55. The summed E-state index contributed by atoms with van der Waals surface area (Å²) in [5, 5.41) is 10.6. The van der Waals surface area contributed by atoms with Crippen molar-refractivity contribution in [1.82, 2.24) is 14.5 Å². The van der Waals surface area contributed by atoms with Gasteiger partial charge in [0.15, 0.2) is 0 Å². The Kier molecular flexibility index (Phi) is 5.22. The molecule has 2 aromatic heterocycles. The number of anilines is 1. The number of aromatic nitrogens is 3. The van der Waals surface area contributed by atoms with E-state index in [9.17, 15) is 14.4 Å². The van der Waals surface area contributed by atoms with Crippen LogP contribution in [-0.2, 0) is 4.74 Å². The van der Waals surface area contributed by atoms with Crippen molar-refractivity contribution in [1.29, 1.82) is 5.26 Å². The molecule has 0 amide bonds. The van der Waals surface area contributed by atoms with Crippen LogP contribution in [0.4, 0.5) is 10.3 Å². The van der Waals surface area contributed by atoms with Crippen LogP contribution in [0.3, 0.4) is 0 Å². The van der Waals surface area contributed by atoms with Crippen molar-refractivity contribution < 1.29 is 9.13 Å². The molecule has 1 aliphatic rings. The number of aryl methyl sites for hydroxylation is 1. The number of hydrogen-bond donors (Lipinski definition) is 0. The molecule has 0 radical (unpaired) electrons. The van der Waals surface area contributed by atoms with Gasteiger partial charge in [-0.05, 0) is 37.4 Å². The second kappa shape index (κ2) is 7.81. The number of halogens is 1. The Morgan fingerprint density at radius 3 is 2.52 bits per heavy atom. The molecule has 148 valence electrons. The normalized spacial score (nSPS) is 14.2. The average Bonchev–Trinajstić information content (AvgIpc) is 2.74. The summed E-state index contributed by atoms with van der Waals surface area (Å²) in [6.45, 7) is 3.86. The molecule has 0 N–H and O–H groups in total. The monoisotopic (exact) mass is 411 g/mol. The molecule has 9 heteroatoms. The summed E-state index contributed by atoms with van der Waals surface area (Å²) in [5.41, 5.74) is 1.30. The lowest BCUT2D eigenvalue weighted by atomic mass is 10.1. The third-order valence-corrected chi connectivity index (χ3v) is 5.51. The van der Waals surface area contributed by atoms with Gasteiger partial charge in [0, 0.05) is 13.1 Å². The molecule has 0 bridgehead atoms. The smallest absolute Gasteiger partial charge is 0.269 e. The summed E-state index contributed by atoms with van der Waals surface area (Å²) in [6.07, 6.45) is 1.83. The highest BCUT2D eigenvalue weighted by Gasteiger charge is 2.24. The number of fused-ring (bicyclic) bond motifs is 1. The molecule has 29 heavy (non-hydrogen) atoms. The van der Waals surface area contributed by atoms with Crippen molar-refractivity contribution in [2.45, 2.75) is 11.9 Å². The number of thioether (sulfide) groups is 1. The quantitative estimate of drug-likeness (QED) is 0.613. The first-order valence-electron chi connectivity index (χ1n) is 9.05. The first-order valence-corrected chi connectivity index (χ1v) is 10.3. The van der Waals surface area contributed by atoms with Crippen molar-refractivity contribution in [3.63, 3.8) is 0 Å². The SMILES string of the molecule is CSc1nc(C)c2c(=O)n(-c3ccc(F)cc3)c(N3CCOCC3)nc2c1C#N. The topological polar surface area (TPSA) is 84.0 Å². The molecule has 1 aliphatic heterocycles. The molecule has 4 rings (SSSR count). The van der Waals surface area contributed by atoms with Crippen molar-refractivity contribution in [2.75, 3.05) is 37.5 Å². The first kappa shape index (κ1) is 19.4. The van der Waals surface area contributed by atoms with Gasteiger partial charge >= 0.3 is 0 Å². The van der Waals surface area contributed by atoms with Crippen molar-refractivity contribution >= 4 is 28.6 Å². The van der Waals surface area contributed by atoms with E-state index in [2.05, 4.69) is 11.1 Å². The lowest BCUT2D eigenvalue weighted by Gasteiger charge is -2.30. The molecule has 0 saturated carbocycles. The van der Waals surface area contributed by atoms with E-state index in [-0.39, 0.29) is 11.1 Å². The van der Waals surface area contributed by atoms with Gasteiger partial charge in [-0.3, -0.25) is 4.79 Å². The lowest BCUT2D eigenvalue weighted by Crippen LogP contribution is -2.40. The van der Waals surface area contributed by atoms with Crippen molar-refractivity contribution in [3.8, 4) is 11.8 Å². The minimum absolute atomic E-state index is 0.288. The van der Waals surface area contributed by atoms with Crippen LogP contribution in [0.1, 0.15) is 11.3 Å². The van der Waals surface area contributed by atoms with Crippen LogP contribution < -0.4 is 10.5 Å². The number of benzene rings is 1. The number of ether oxygens (including phenoxy) is 1. The molecule has 0 atom stereocenters. The Labute approximate surface area is 170 Å². The zero-order valence-corrected chi connectivity index (χ0v) is 16.8. The maximum absolute atomic E-state index is 13.6. The highest BCUT2D eigenvalue weighted by Crippen LogP contribution is 2.28. The Morgan fingerprint density at radius 1 is 1.21 bits per heavy atom. The third-order valence-electron chi connectivity index (χ3n) is 4.83. The minimum atomic E-state index is -0.391. The van der Waals surface area contributed by atoms with E-state index in [0.717, 1.165) is 0 Å². The molecular formula is C20H18FN5O2S. The van der Waals surface area contributed by atoms with Crippen LogP contribution in [0.5, 0.6) is 0 Å². The number of rotatable bonds is 3. The molecule has 1 saturated heterocycles. The standard InChI is InChI=1S/C20H18FN5O2S/c1-12-16-17(15(11-22)18(23-12)29-2)24-20(25-7-9-28-10-8-25)26(19(16)27)14-5-3-13(21)4-6-14/h3-6H,7-10H2,1-2H3. The summed E-state index contributed by atoms with van der Waals surface area (Å²) in [4.78, 5) is 24.7. The number of nitrogens with zero attached hydrogens (tertiary/aromatic N) is 5. The van der Waals surface area contributed by atoms with E-state index in [1.807, 2.05) is 11.2 Å². The molecule has 0 unspecified atom stereocenters. The van der Waals surface area contributed by atoms with Crippen LogP contribution in [0.2, 0.25) is 0 Å². The molecule has 0 aliphatic carbocycles. The lowest BCUT2D eigenvalue weighted by molar-refractivity contribution is 0.122. The van der Waals surface area contributed by atoms with E-state index >= 15 is 0 Å². The minimum Gasteiger partial charge on any atom is -0.378 e. The van der Waals surface area contributed by atoms with E-state index in [1.54, 1.807) is 19.1 Å². The van der Waals surface area contributed by atoms with Crippen LogP contribution in [0.25, 0.3) is 16.6 Å². The fourth-order valence-electron chi connectivity index (χ4n) is 3.43. The van der Waals surface area contributed by atoms with Crippen molar-refractivity contribution in [2.24, 2.45) is 0 Å². The van der Waals surface area contributed by atoms with E-state index in [0.29, 0.717) is 59.6 Å². The number of hydrogen-bond acceptors (Lipinski definition) is 7. The summed E-state index contributed by atoms with van der Waals surface area (Å²) < 4.78 is 20.4. The largest absolute Gasteiger partial charge is 0.378 e. The predicted octanol–water partition coefficient (Wildman–Crippen LogP) is 2.66. The van der Waals surface area contributed by atoms with Gasteiger partial charge in [0.05, 0.1) is 30.0 Å². The molecule has 7 nitrogen and oxygen atoms in total. The van der Waals surface area contributed by atoms with Gasteiger partial charge in [0.1, 0.15) is 28.0 Å². The molecule has 1 fully saturated rings. The van der Waals surface area contributed by atoms with Gasteiger partial charge in [-0.25, -0.2) is 18.9 Å². The Morgan fingerprint density at radius 2 is 1.90 bits per heavy atom. The van der Waals surface area contributed by atoms with E-state index in [4.69, 9.17) is 9.72 Å². The van der Waals surface area contributed by atoms with E-state index < -0.39 is 5.82 Å².